The molecule has 0 saturated heterocycles. The molecule has 0 radical (unpaired) electrons. The number of carboxylic acids is 1. The molecule has 1 saturated carbocycles. The molecule has 5 nitrogen and oxygen atoms in total. The highest BCUT2D eigenvalue weighted by molar-refractivity contribution is 7.09. The number of fused-ring (bicyclic) bond motifs is 1. The van der Waals surface area contributed by atoms with Crippen LogP contribution < -0.4 is 4.90 Å². The van der Waals surface area contributed by atoms with Crippen molar-refractivity contribution in [3.8, 4) is 0 Å². The Morgan fingerprint density at radius 3 is 2.95 bits per heavy atom. The molecule has 0 atom stereocenters. The number of rotatable bonds is 3. The lowest BCUT2D eigenvalue weighted by Crippen LogP contribution is -2.30. The third-order valence-corrected chi connectivity index (χ3v) is 4.90. The summed E-state index contributed by atoms with van der Waals surface area (Å²) in [6.45, 7) is 1.63. The van der Waals surface area contributed by atoms with E-state index >= 15 is 0 Å². The minimum absolute atomic E-state index is 0.353. The standard InChI is InChI=1S/C15H15N3O2S/c19-14(20)11-4-1-9-5-6-18(8-12(9)7-11)15-16-13(17-21-15)10-2-3-10/h1,4,7,10H,2-3,5-6,8H2,(H,19,20). The minimum atomic E-state index is -0.873. The van der Waals surface area contributed by atoms with Crippen molar-refractivity contribution in [3.05, 3.63) is 40.7 Å². The smallest absolute Gasteiger partial charge is 0.335 e. The summed E-state index contributed by atoms with van der Waals surface area (Å²) in [5, 5.41) is 10.1. The Morgan fingerprint density at radius 2 is 2.19 bits per heavy atom. The average molecular weight is 301 g/mol. The van der Waals surface area contributed by atoms with Gasteiger partial charge in [-0.15, -0.1) is 0 Å². The third kappa shape index (κ3) is 2.40. The molecule has 1 N–H and O–H groups in total. The lowest BCUT2D eigenvalue weighted by atomic mass is 9.98. The number of carbonyl (C=O) groups is 1. The molecule has 0 spiro atoms. The van der Waals surface area contributed by atoms with Crippen LogP contribution in [-0.2, 0) is 13.0 Å². The zero-order valence-electron chi connectivity index (χ0n) is 11.5. The SMILES string of the molecule is O=C(O)c1ccc2c(c1)CN(c1nc(C3CC3)ns1)CC2. The van der Waals surface area contributed by atoms with E-state index < -0.39 is 5.97 Å². The molecule has 2 heterocycles. The first kappa shape index (κ1) is 12.8. The molecule has 1 aliphatic carbocycles. The number of aromatic carboxylic acids is 1. The van der Waals surface area contributed by atoms with Gasteiger partial charge in [-0.3, -0.25) is 0 Å². The van der Waals surface area contributed by atoms with E-state index in [0.717, 1.165) is 36.0 Å². The lowest BCUT2D eigenvalue weighted by Gasteiger charge is -2.28. The molecule has 0 bridgehead atoms. The van der Waals surface area contributed by atoms with Crippen molar-refractivity contribution < 1.29 is 9.90 Å². The molecular formula is C15H15N3O2S. The number of carboxylic acid groups (broad SMARTS) is 1. The van der Waals surface area contributed by atoms with Crippen LogP contribution in [0.25, 0.3) is 0 Å². The molecular weight excluding hydrogens is 286 g/mol. The van der Waals surface area contributed by atoms with Crippen LogP contribution in [0, 0.1) is 0 Å². The van der Waals surface area contributed by atoms with Gasteiger partial charge in [0, 0.05) is 30.5 Å². The zero-order valence-corrected chi connectivity index (χ0v) is 12.3. The Bertz CT molecular complexity index is 709. The van der Waals surface area contributed by atoms with E-state index in [0.29, 0.717) is 11.5 Å². The van der Waals surface area contributed by atoms with E-state index in [9.17, 15) is 4.79 Å². The normalized spacial score (nSPS) is 17.6. The van der Waals surface area contributed by atoms with Gasteiger partial charge in [0.2, 0.25) is 5.13 Å². The molecule has 21 heavy (non-hydrogen) atoms. The fraction of sp³-hybridized carbons (Fsp3) is 0.400. The maximum atomic E-state index is 11.1. The van der Waals surface area contributed by atoms with E-state index in [1.807, 2.05) is 6.07 Å². The summed E-state index contributed by atoms with van der Waals surface area (Å²) in [6.07, 6.45) is 3.34. The first-order chi connectivity index (χ1) is 10.2. The van der Waals surface area contributed by atoms with Crippen LogP contribution in [0.2, 0.25) is 0 Å². The quantitative estimate of drug-likeness (QED) is 0.944. The second-order valence-corrected chi connectivity index (χ2v) is 6.40. The van der Waals surface area contributed by atoms with Gasteiger partial charge in [0.05, 0.1) is 5.56 Å². The van der Waals surface area contributed by atoms with Crippen LogP contribution in [0.15, 0.2) is 18.2 Å². The Labute approximate surface area is 126 Å². The topological polar surface area (TPSA) is 66.3 Å². The minimum Gasteiger partial charge on any atom is -0.478 e. The molecule has 1 aliphatic heterocycles. The van der Waals surface area contributed by atoms with Crippen molar-refractivity contribution in [2.75, 3.05) is 11.4 Å². The zero-order chi connectivity index (χ0) is 14.4. The van der Waals surface area contributed by atoms with Gasteiger partial charge in [-0.1, -0.05) is 6.07 Å². The molecule has 4 rings (SSSR count). The van der Waals surface area contributed by atoms with Crippen LogP contribution in [0.5, 0.6) is 0 Å². The molecule has 0 unspecified atom stereocenters. The number of aromatic nitrogens is 2. The second kappa shape index (κ2) is 4.80. The Kier molecular flexibility index (Phi) is 2.92. The fourth-order valence-electron chi connectivity index (χ4n) is 2.72. The van der Waals surface area contributed by atoms with Crippen LogP contribution >= 0.6 is 11.5 Å². The van der Waals surface area contributed by atoms with Crippen molar-refractivity contribution in [2.24, 2.45) is 0 Å². The Morgan fingerprint density at radius 1 is 1.33 bits per heavy atom. The van der Waals surface area contributed by atoms with E-state index in [1.165, 1.54) is 29.9 Å². The first-order valence-corrected chi connectivity index (χ1v) is 7.92. The van der Waals surface area contributed by atoms with E-state index in [-0.39, 0.29) is 0 Å². The van der Waals surface area contributed by atoms with Crippen molar-refractivity contribution in [3.63, 3.8) is 0 Å². The number of anilines is 1. The molecule has 1 aromatic carbocycles. The monoisotopic (exact) mass is 301 g/mol. The van der Waals surface area contributed by atoms with Gasteiger partial charge in [-0.2, -0.15) is 4.37 Å². The predicted octanol–water partition coefficient (Wildman–Crippen LogP) is 2.68. The molecule has 2 aromatic rings. The van der Waals surface area contributed by atoms with Gasteiger partial charge in [-0.25, -0.2) is 9.78 Å². The summed E-state index contributed by atoms with van der Waals surface area (Å²) in [5.41, 5.74) is 2.68. The van der Waals surface area contributed by atoms with Gasteiger partial charge in [-0.05, 0) is 42.5 Å². The highest BCUT2D eigenvalue weighted by atomic mass is 32.1. The van der Waals surface area contributed by atoms with E-state index in [4.69, 9.17) is 5.11 Å². The van der Waals surface area contributed by atoms with E-state index in [2.05, 4.69) is 14.3 Å². The third-order valence-electron chi connectivity index (χ3n) is 4.11. The average Bonchev–Trinajstić information content (AvgIpc) is 3.23. The molecule has 1 fully saturated rings. The number of nitrogens with zero attached hydrogens (tertiary/aromatic N) is 3. The fourth-order valence-corrected chi connectivity index (χ4v) is 3.49. The Balaban J connectivity index is 1.59. The van der Waals surface area contributed by atoms with Gasteiger partial charge in [0.15, 0.2) is 0 Å². The van der Waals surface area contributed by atoms with E-state index in [1.54, 1.807) is 12.1 Å². The largest absolute Gasteiger partial charge is 0.478 e. The number of hydrogen-bond donors (Lipinski definition) is 1. The maximum Gasteiger partial charge on any atom is 0.335 e. The van der Waals surface area contributed by atoms with Gasteiger partial charge in [0.25, 0.3) is 0 Å². The van der Waals surface area contributed by atoms with Crippen LogP contribution in [0.3, 0.4) is 0 Å². The number of benzene rings is 1. The Hall–Kier alpha value is -1.95. The highest BCUT2D eigenvalue weighted by Gasteiger charge is 2.29. The summed E-state index contributed by atoms with van der Waals surface area (Å²) < 4.78 is 4.45. The van der Waals surface area contributed by atoms with Crippen LogP contribution in [-0.4, -0.2) is 27.0 Å². The molecule has 0 amide bonds. The molecule has 108 valence electrons. The van der Waals surface area contributed by atoms with Crippen molar-refractivity contribution in [1.82, 2.24) is 9.36 Å². The van der Waals surface area contributed by atoms with Gasteiger partial charge >= 0.3 is 5.97 Å². The van der Waals surface area contributed by atoms with Gasteiger partial charge < -0.3 is 10.0 Å². The summed E-state index contributed by atoms with van der Waals surface area (Å²) in [7, 11) is 0. The van der Waals surface area contributed by atoms with Crippen LogP contribution in [0.1, 0.15) is 46.1 Å². The van der Waals surface area contributed by atoms with Crippen molar-refractivity contribution in [2.45, 2.75) is 31.7 Å². The summed E-state index contributed by atoms with van der Waals surface area (Å²) >= 11 is 1.46. The lowest BCUT2D eigenvalue weighted by molar-refractivity contribution is 0.0696. The summed E-state index contributed by atoms with van der Waals surface area (Å²) in [5.74, 6) is 0.688. The first-order valence-electron chi connectivity index (χ1n) is 7.14. The number of hydrogen-bond acceptors (Lipinski definition) is 5. The maximum absolute atomic E-state index is 11.1. The van der Waals surface area contributed by atoms with Crippen molar-refractivity contribution in [1.29, 1.82) is 0 Å². The second-order valence-electron chi connectivity index (χ2n) is 5.67. The van der Waals surface area contributed by atoms with Gasteiger partial charge in [0.1, 0.15) is 5.82 Å². The molecule has 6 heteroatoms. The highest BCUT2D eigenvalue weighted by Crippen LogP contribution is 2.40. The summed E-state index contributed by atoms with van der Waals surface area (Å²) in [6, 6.07) is 5.41. The molecule has 2 aliphatic rings. The van der Waals surface area contributed by atoms with Crippen molar-refractivity contribution >= 4 is 22.6 Å². The summed E-state index contributed by atoms with van der Waals surface area (Å²) in [4.78, 5) is 17.9. The predicted molar refractivity (Wildman–Crippen MR) is 80.0 cm³/mol. The van der Waals surface area contributed by atoms with Crippen LogP contribution in [0.4, 0.5) is 5.13 Å². The molecule has 1 aromatic heterocycles.